The molecule has 0 heterocycles. The molecule has 0 spiro atoms. The summed E-state index contributed by atoms with van der Waals surface area (Å²) in [4.78, 5) is 0. The minimum absolute atomic E-state index is 0.238. The number of methoxy groups -OCH3 is 2. The van der Waals surface area contributed by atoms with Crippen molar-refractivity contribution < 1.29 is 9.47 Å². The lowest BCUT2D eigenvalue weighted by molar-refractivity contribution is 0.395. The average molecular weight is 236 g/mol. The molecule has 1 aromatic carbocycles. The molecule has 0 aromatic heterocycles. The maximum Gasteiger partial charge on any atom is 0.145 e. The van der Waals surface area contributed by atoms with Crippen molar-refractivity contribution in [2.75, 3.05) is 19.5 Å². The summed E-state index contributed by atoms with van der Waals surface area (Å²) in [5, 5.41) is 3.46. The van der Waals surface area contributed by atoms with E-state index >= 15 is 0 Å². The summed E-state index contributed by atoms with van der Waals surface area (Å²) >= 11 is 0. The highest BCUT2D eigenvalue weighted by molar-refractivity contribution is 5.59. The second-order valence-corrected chi connectivity index (χ2v) is 4.41. The minimum atomic E-state index is 0.238. The van der Waals surface area contributed by atoms with E-state index in [-0.39, 0.29) is 6.04 Å². The standard InChI is InChI=1S/C13H20N2O2/c1-16-9-6-7-12(13(8-9)17-2)15-11-5-3-4-10(11)14/h6-8,10-11,15H,3-5,14H2,1-2H3/t10-,11+/m1/s1. The lowest BCUT2D eigenvalue weighted by atomic mass is 10.1. The third-order valence-electron chi connectivity index (χ3n) is 3.32. The van der Waals surface area contributed by atoms with E-state index in [1.54, 1.807) is 14.2 Å². The number of ether oxygens (including phenoxy) is 2. The molecule has 1 aliphatic rings. The molecule has 1 fully saturated rings. The van der Waals surface area contributed by atoms with E-state index in [2.05, 4.69) is 5.32 Å². The molecule has 4 heteroatoms. The summed E-state index contributed by atoms with van der Waals surface area (Å²) in [6.45, 7) is 0. The van der Waals surface area contributed by atoms with E-state index in [9.17, 15) is 0 Å². The van der Waals surface area contributed by atoms with Crippen LogP contribution in [-0.2, 0) is 0 Å². The van der Waals surface area contributed by atoms with E-state index in [1.165, 1.54) is 6.42 Å². The number of anilines is 1. The average Bonchev–Trinajstić information content (AvgIpc) is 2.75. The Kier molecular flexibility index (Phi) is 3.74. The van der Waals surface area contributed by atoms with E-state index in [0.29, 0.717) is 6.04 Å². The van der Waals surface area contributed by atoms with Crippen molar-refractivity contribution in [3.63, 3.8) is 0 Å². The Bertz CT molecular complexity index is 382. The zero-order valence-corrected chi connectivity index (χ0v) is 10.4. The summed E-state index contributed by atoms with van der Waals surface area (Å²) in [5.41, 5.74) is 7.03. The third kappa shape index (κ3) is 2.64. The molecule has 0 aliphatic heterocycles. The molecule has 0 radical (unpaired) electrons. The number of rotatable bonds is 4. The monoisotopic (exact) mass is 236 g/mol. The number of hydrogen-bond donors (Lipinski definition) is 2. The quantitative estimate of drug-likeness (QED) is 0.839. The van der Waals surface area contributed by atoms with Gasteiger partial charge in [-0.1, -0.05) is 0 Å². The predicted molar refractivity (Wildman–Crippen MR) is 68.8 cm³/mol. The zero-order chi connectivity index (χ0) is 12.3. The van der Waals surface area contributed by atoms with Crippen LogP contribution in [0, 0.1) is 0 Å². The third-order valence-corrected chi connectivity index (χ3v) is 3.32. The lowest BCUT2D eigenvalue weighted by Gasteiger charge is -2.20. The summed E-state index contributed by atoms with van der Waals surface area (Å²) in [7, 11) is 3.31. The number of benzene rings is 1. The van der Waals surface area contributed by atoms with Crippen LogP contribution in [0.15, 0.2) is 18.2 Å². The Hall–Kier alpha value is -1.42. The van der Waals surface area contributed by atoms with Crippen molar-refractivity contribution in [2.24, 2.45) is 5.73 Å². The topological polar surface area (TPSA) is 56.5 Å². The van der Waals surface area contributed by atoms with Gasteiger partial charge in [0, 0.05) is 18.2 Å². The molecular formula is C13H20N2O2. The van der Waals surface area contributed by atoms with Crippen LogP contribution in [0.25, 0.3) is 0 Å². The molecule has 2 atom stereocenters. The van der Waals surface area contributed by atoms with Gasteiger partial charge < -0.3 is 20.5 Å². The van der Waals surface area contributed by atoms with Crippen LogP contribution >= 0.6 is 0 Å². The molecule has 17 heavy (non-hydrogen) atoms. The molecule has 0 unspecified atom stereocenters. The zero-order valence-electron chi connectivity index (χ0n) is 10.4. The molecule has 1 aromatic rings. The van der Waals surface area contributed by atoms with Gasteiger partial charge in [-0.05, 0) is 31.4 Å². The van der Waals surface area contributed by atoms with Gasteiger partial charge in [-0.2, -0.15) is 0 Å². The number of nitrogens with one attached hydrogen (secondary N) is 1. The first kappa shape index (κ1) is 12.0. The van der Waals surface area contributed by atoms with Gasteiger partial charge in [0.25, 0.3) is 0 Å². The highest BCUT2D eigenvalue weighted by Gasteiger charge is 2.24. The van der Waals surface area contributed by atoms with Gasteiger partial charge in [-0.3, -0.25) is 0 Å². The fraction of sp³-hybridized carbons (Fsp3) is 0.538. The van der Waals surface area contributed by atoms with E-state index in [4.69, 9.17) is 15.2 Å². The van der Waals surface area contributed by atoms with Crippen molar-refractivity contribution in [3.05, 3.63) is 18.2 Å². The number of hydrogen-bond acceptors (Lipinski definition) is 4. The Balaban J connectivity index is 2.14. The highest BCUT2D eigenvalue weighted by atomic mass is 16.5. The Morgan fingerprint density at radius 1 is 1.24 bits per heavy atom. The van der Waals surface area contributed by atoms with E-state index < -0.39 is 0 Å². The summed E-state index contributed by atoms with van der Waals surface area (Å²) < 4.78 is 10.5. The predicted octanol–water partition coefficient (Wildman–Crippen LogP) is 2.00. The lowest BCUT2D eigenvalue weighted by Crippen LogP contribution is -2.35. The van der Waals surface area contributed by atoms with Crippen molar-refractivity contribution in [1.29, 1.82) is 0 Å². The van der Waals surface area contributed by atoms with Gasteiger partial charge >= 0.3 is 0 Å². The van der Waals surface area contributed by atoms with Crippen LogP contribution in [0.1, 0.15) is 19.3 Å². The van der Waals surface area contributed by atoms with Gasteiger partial charge in [0.2, 0.25) is 0 Å². The van der Waals surface area contributed by atoms with Crippen molar-refractivity contribution in [2.45, 2.75) is 31.3 Å². The number of nitrogens with two attached hydrogens (primary N) is 1. The van der Waals surface area contributed by atoms with Gasteiger partial charge in [-0.25, -0.2) is 0 Å². The maximum atomic E-state index is 6.05. The van der Waals surface area contributed by atoms with Crippen LogP contribution in [0.3, 0.4) is 0 Å². The van der Waals surface area contributed by atoms with Crippen LogP contribution < -0.4 is 20.5 Å². The molecular weight excluding hydrogens is 216 g/mol. The van der Waals surface area contributed by atoms with Crippen molar-refractivity contribution in [3.8, 4) is 11.5 Å². The first-order valence-corrected chi connectivity index (χ1v) is 5.98. The molecule has 94 valence electrons. The van der Waals surface area contributed by atoms with Gasteiger partial charge in [0.15, 0.2) is 0 Å². The van der Waals surface area contributed by atoms with Crippen molar-refractivity contribution >= 4 is 5.69 Å². The fourth-order valence-electron chi connectivity index (χ4n) is 2.29. The SMILES string of the molecule is COc1ccc(N[C@H]2CCC[C@H]2N)c(OC)c1. The molecule has 4 nitrogen and oxygen atoms in total. The van der Waals surface area contributed by atoms with Crippen LogP contribution in [0.2, 0.25) is 0 Å². The summed E-state index contributed by atoms with van der Waals surface area (Å²) in [5.74, 6) is 1.59. The Morgan fingerprint density at radius 3 is 2.65 bits per heavy atom. The van der Waals surface area contributed by atoms with Crippen LogP contribution in [-0.4, -0.2) is 26.3 Å². The Labute approximate surface area is 102 Å². The van der Waals surface area contributed by atoms with Crippen LogP contribution in [0.5, 0.6) is 11.5 Å². The second-order valence-electron chi connectivity index (χ2n) is 4.41. The highest BCUT2D eigenvalue weighted by Crippen LogP contribution is 2.31. The molecule has 0 saturated heterocycles. The maximum absolute atomic E-state index is 6.05. The van der Waals surface area contributed by atoms with E-state index in [0.717, 1.165) is 30.0 Å². The first-order chi connectivity index (χ1) is 8.24. The molecule has 3 N–H and O–H groups in total. The fourth-order valence-corrected chi connectivity index (χ4v) is 2.29. The van der Waals surface area contributed by atoms with Gasteiger partial charge in [0.05, 0.1) is 19.9 Å². The summed E-state index contributed by atoms with van der Waals surface area (Å²) in [6.07, 6.45) is 3.41. The van der Waals surface area contributed by atoms with Crippen molar-refractivity contribution in [1.82, 2.24) is 0 Å². The Morgan fingerprint density at radius 2 is 2.06 bits per heavy atom. The summed E-state index contributed by atoms with van der Waals surface area (Å²) in [6, 6.07) is 6.36. The van der Waals surface area contributed by atoms with Crippen LogP contribution in [0.4, 0.5) is 5.69 Å². The normalized spacial score (nSPS) is 23.5. The molecule has 1 aliphatic carbocycles. The minimum Gasteiger partial charge on any atom is -0.497 e. The largest absolute Gasteiger partial charge is 0.497 e. The molecule has 0 bridgehead atoms. The second kappa shape index (κ2) is 5.27. The van der Waals surface area contributed by atoms with Gasteiger partial charge in [0.1, 0.15) is 11.5 Å². The molecule has 2 rings (SSSR count). The molecule has 0 amide bonds. The molecule has 1 saturated carbocycles. The first-order valence-electron chi connectivity index (χ1n) is 5.98. The van der Waals surface area contributed by atoms with Gasteiger partial charge in [-0.15, -0.1) is 0 Å². The van der Waals surface area contributed by atoms with E-state index in [1.807, 2.05) is 18.2 Å². The smallest absolute Gasteiger partial charge is 0.145 e.